The molecule has 0 aliphatic carbocycles. The minimum absolute atomic E-state index is 0.00753. The molecule has 1 aliphatic rings. The highest BCUT2D eigenvalue weighted by Crippen LogP contribution is 2.20. The number of likely N-dealkylation sites (tertiary alicyclic amines) is 1. The van der Waals surface area contributed by atoms with E-state index in [-0.39, 0.29) is 89.6 Å². The van der Waals surface area contributed by atoms with Crippen LogP contribution in [0.25, 0.3) is 0 Å². The van der Waals surface area contributed by atoms with E-state index < -0.39 is 211 Å². The predicted octanol–water partition coefficient (Wildman–Crippen LogP) is -8.42. The van der Waals surface area contributed by atoms with Gasteiger partial charge in [-0.3, -0.25) is 83.1 Å². The number of hydrogen-bond acceptors (Lipinski definition) is 29. The number of aldehydes is 1. The lowest BCUT2D eigenvalue weighted by Gasteiger charge is -2.30. The molecule has 2 heterocycles. The monoisotopic (exact) mass is 1730 g/mol. The molecule has 4 rings (SSSR count). The first-order valence-corrected chi connectivity index (χ1v) is 41.7. The summed E-state index contributed by atoms with van der Waals surface area (Å²) in [6.45, 7) is 10.6. The number of rotatable bonds is 58. The third-order valence-electron chi connectivity index (χ3n) is 20.7. The Morgan fingerprint density at radius 2 is 0.943 bits per heavy atom. The van der Waals surface area contributed by atoms with E-state index in [2.05, 4.69) is 95.0 Å². The first-order chi connectivity index (χ1) is 58.4. The standard InChI is InChI=1S/C79H133N27O17/c1-8-43(3)63(104-73(120)58(37-50-38-88-42-94-50)102-76(123)64(44(4)9-2)105-70(117)55(24-17-33-91-79(86)87)99-69(116)54(22-13-14-30-80)98-67(114)52(81)21-15-31-89-77(82)83)75(122)93-40-62(111)106-34-18-25-60(106)74(121)92-39-61(110)97-53(23-16-32-90-78(84)85)68(115)95-45(5)65(112)100-57(35-48-19-11-10-12-20-48)72(119)101-56(36-49-26-28-51(109)29-27-49)71(118)96-46(6)66(113)103-59(41-107)47(7)108/h10-12,19-20,26-29,38,41-47,52-60,63-64,77-79,89-91,108-109H,8-9,13-18,21-25,30-37,39-40,80-87H2,1-7H3,(H,88,94)(H,92,121)(H,93,122)(H,95,115)(H,96,118)(H,97,110)(H,98,114)(H,99,116)(H,100,112)(H,101,119)(H,102,123)(H,103,113)(H,104,120)(H,105,117)/t43-,44-,45-,46-,47+,52-,53-,54-,55-,56-,57-,58-,59+,60-,63-,64-/m0/s1. The molecule has 44 heteroatoms. The minimum Gasteiger partial charge on any atom is -0.508 e. The van der Waals surface area contributed by atoms with Crippen LogP contribution in [0.2, 0.25) is 0 Å². The number of nitrogens with two attached hydrogens (primary N) is 8. The molecule has 14 amide bonds. The van der Waals surface area contributed by atoms with Gasteiger partial charge in [0, 0.05) is 37.7 Å². The Balaban J connectivity index is 1.47. The number of aromatic nitrogens is 2. The molecule has 1 aromatic heterocycles. The van der Waals surface area contributed by atoms with Crippen LogP contribution < -0.4 is 131 Å². The number of imidazole rings is 1. The summed E-state index contributed by atoms with van der Waals surface area (Å²) in [6.07, 6.45) is 1.86. The van der Waals surface area contributed by atoms with E-state index in [1.807, 2.05) is 0 Å². The molecule has 1 fully saturated rings. The molecule has 123 heavy (non-hydrogen) atoms. The molecule has 0 radical (unpaired) electrons. The molecule has 0 unspecified atom stereocenters. The Hall–Kier alpha value is -10.8. The number of hydrogen-bond donors (Lipinski definition) is 27. The van der Waals surface area contributed by atoms with Crippen molar-refractivity contribution in [3.63, 3.8) is 0 Å². The Morgan fingerprint density at radius 3 is 1.46 bits per heavy atom. The van der Waals surface area contributed by atoms with Crippen molar-refractivity contribution in [1.29, 1.82) is 0 Å². The molecule has 0 spiro atoms. The molecule has 1 aliphatic heterocycles. The normalized spacial score (nSPS) is 16.3. The van der Waals surface area contributed by atoms with Gasteiger partial charge in [0.1, 0.15) is 103 Å². The zero-order valence-electron chi connectivity index (χ0n) is 71.2. The highest BCUT2D eigenvalue weighted by Gasteiger charge is 2.40. The van der Waals surface area contributed by atoms with Crippen molar-refractivity contribution in [2.24, 2.45) is 57.7 Å². The number of benzene rings is 2. The average Bonchev–Trinajstić information content (AvgIpc) is 1.68. The van der Waals surface area contributed by atoms with E-state index in [0.29, 0.717) is 74.7 Å². The van der Waals surface area contributed by atoms with Gasteiger partial charge in [-0.1, -0.05) is 83.0 Å². The molecule has 2 aromatic carbocycles. The molecule has 3 aromatic rings. The number of unbranched alkanes of at least 4 members (excludes halogenated alkanes) is 1. The van der Waals surface area contributed by atoms with E-state index in [0.717, 1.165) is 0 Å². The van der Waals surface area contributed by atoms with Gasteiger partial charge in [-0.2, -0.15) is 0 Å². The smallest absolute Gasteiger partial charge is 0.243 e. The van der Waals surface area contributed by atoms with E-state index in [1.165, 1.54) is 62.5 Å². The molecule has 0 saturated carbocycles. The van der Waals surface area contributed by atoms with Crippen LogP contribution in [0, 0.1) is 11.8 Å². The van der Waals surface area contributed by atoms with Crippen molar-refractivity contribution in [2.75, 3.05) is 45.8 Å². The van der Waals surface area contributed by atoms with Crippen LogP contribution in [0.4, 0.5) is 0 Å². The Morgan fingerprint density at radius 1 is 0.496 bits per heavy atom. The number of phenols is 1. The summed E-state index contributed by atoms with van der Waals surface area (Å²) in [5.41, 5.74) is 47.3. The average molecular weight is 1730 g/mol. The summed E-state index contributed by atoms with van der Waals surface area (Å²) in [4.78, 5) is 217. The Bertz CT molecular complexity index is 3850. The van der Waals surface area contributed by atoms with Crippen LogP contribution in [0.3, 0.4) is 0 Å². The highest BCUT2D eigenvalue weighted by molar-refractivity contribution is 6.00. The summed E-state index contributed by atoms with van der Waals surface area (Å²) >= 11 is 0. The molecule has 44 nitrogen and oxygen atoms in total. The quantitative estimate of drug-likeness (QED) is 0.0142. The number of phenolic OH excluding ortho intramolecular Hbond substituents is 1. The largest absolute Gasteiger partial charge is 0.508 e. The fourth-order valence-corrected chi connectivity index (χ4v) is 13.0. The fraction of sp³-hybridized carbons (Fsp3) is 0.620. The lowest BCUT2D eigenvalue weighted by Crippen LogP contribution is -2.61. The number of aliphatic hydroxyl groups excluding tert-OH is 1. The maximum atomic E-state index is 14.7. The van der Waals surface area contributed by atoms with Crippen molar-refractivity contribution in [2.45, 2.75) is 255 Å². The van der Waals surface area contributed by atoms with Crippen LogP contribution in [-0.4, -0.2) is 263 Å². The van der Waals surface area contributed by atoms with E-state index >= 15 is 0 Å². The van der Waals surface area contributed by atoms with Crippen molar-refractivity contribution in [3.05, 3.63) is 83.9 Å². The number of aliphatic hydroxyl groups is 1. The second-order valence-electron chi connectivity index (χ2n) is 30.8. The number of H-pyrrole nitrogens is 1. The van der Waals surface area contributed by atoms with Gasteiger partial charge in [0.15, 0.2) is 0 Å². The second kappa shape index (κ2) is 55.4. The molecule has 0 bridgehead atoms. The van der Waals surface area contributed by atoms with Crippen molar-refractivity contribution >= 4 is 89.0 Å². The number of carbonyl (C=O) groups is 15. The van der Waals surface area contributed by atoms with E-state index in [9.17, 15) is 82.1 Å². The number of amides is 14. The molecule has 16 atom stereocenters. The summed E-state index contributed by atoms with van der Waals surface area (Å²) in [5.74, 6) is -12.5. The van der Waals surface area contributed by atoms with Gasteiger partial charge in [-0.05, 0) is 153 Å². The molecular formula is C79H133N27O17. The van der Waals surface area contributed by atoms with E-state index in [4.69, 9.17) is 45.9 Å². The number of nitrogens with one attached hydrogen (secondary N) is 17. The van der Waals surface area contributed by atoms with Gasteiger partial charge in [-0.25, -0.2) is 4.98 Å². The highest BCUT2D eigenvalue weighted by atomic mass is 16.3. The summed E-state index contributed by atoms with van der Waals surface area (Å²) in [5, 5.41) is 62.5. The zero-order chi connectivity index (χ0) is 91.4. The molecule has 35 N–H and O–H groups in total. The first kappa shape index (κ1) is 105. The topological polar surface area (TPSA) is 729 Å². The van der Waals surface area contributed by atoms with Crippen molar-refractivity contribution < 1.29 is 82.1 Å². The second-order valence-corrected chi connectivity index (χ2v) is 30.8. The zero-order valence-corrected chi connectivity index (χ0v) is 71.2. The molecule has 1 saturated heterocycles. The Labute approximate surface area is 716 Å². The summed E-state index contributed by atoms with van der Waals surface area (Å²) < 4.78 is 0. The fourth-order valence-electron chi connectivity index (χ4n) is 13.0. The van der Waals surface area contributed by atoms with Gasteiger partial charge in [0.05, 0.1) is 31.6 Å². The third-order valence-corrected chi connectivity index (χ3v) is 20.7. The SMILES string of the molecule is CC[C@H](C)[C@H](NC(=O)[C@H](Cc1cnc[nH]1)NC(=O)[C@@H](NC(=O)[C@H](CCCNC(N)N)NC(=O)[C@H](CCCCN)NC(=O)[C@@H](N)CCCNC(N)N)[C@@H](C)CC)C(=O)NCC(=O)N1CCC[C@H]1C(=O)NCC(=O)N[C@@H](CCCNC(N)N)C(=O)N[C@@H](C)C(=O)N[C@@H](Cc1ccccc1)C(=O)N[C@@H](Cc1ccc(O)cc1)C(=O)N[C@@H](C)C(=O)N[C@H](C=O)[C@@H](C)O. The number of aromatic amines is 1. The maximum Gasteiger partial charge on any atom is 0.243 e. The first-order valence-electron chi connectivity index (χ1n) is 41.7. The van der Waals surface area contributed by atoms with Crippen LogP contribution in [-0.2, 0) is 91.2 Å². The lowest BCUT2D eigenvalue weighted by molar-refractivity contribution is -0.139. The van der Waals surface area contributed by atoms with E-state index in [1.54, 1.807) is 58.0 Å². The van der Waals surface area contributed by atoms with Gasteiger partial charge < -0.3 is 140 Å². The summed E-state index contributed by atoms with van der Waals surface area (Å²) in [6, 6.07) is -2.76. The van der Waals surface area contributed by atoms with Gasteiger partial charge in [0.25, 0.3) is 0 Å². The van der Waals surface area contributed by atoms with Crippen LogP contribution in [0.15, 0.2) is 67.1 Å². The lowest BCUT2D eigenvalue weighted by atomic mass is 9.96. The predicted molar refractivity (Wildman–Crippen MR) is 453 cm³/mol. The van der Waals surface area contributed by atoms with Crippen LogP contribution >= 0.6 is 0 Å². The van der Waals surface area contributed by atoms with Gasteiger partial charge >= 0.3 is 0 Å². The number of nitrogens with zero attached hydrogens (tertiary/aromatic N) is 2. The molecular weight excluding hydrogens is 1600 g/mol. The maximum absolute atomic E-state index is 14.7. The Kier molecular flexibility index (Phi) is 47.1. The molecule has 686 valence electrons. The van der Waals surface area contributed by atoms with Crippen LogP contribution in [0.1, 0.15) is 149 Å². The van der Waals surface area contributed by atoms with Crippen molar-refractivity contribution in [3.8, 4) is 5.75 Å². The number of aromatic hydroxyl groups is 1. The summed E-state index contributed by atoms with van der Waals surface area (Å²) in [7, 11) is 0. The minimum atomic E-state index is -1.44. The van der Waals surface area contributed by atoms with Gasteiger partial charge in [0.2, 0.25) is 82.7 Å². The van der Waals surface area contributed by atoms with Gasteiger partial charge in [-0.15, -0.1) is 0 Å². The van der Waals surface area contributed by atoms with Crippen LogP contribution in [0.5, 0.6) is 5.75 Å². The third kappa shape index (κ3) is 38.3. The number of carbonyl (C=O) groups excluding carboxylic acids is 15. The van der Waals surface area contributed by atoms with Crippen molar-refractivity contribution in [1.82, 2.24) is 99.9 Å².